The van der Waals surface area contributed by atoms with Crippen molar-refractivity contribution < 1.29 is 13.2 Å². The molecule has 0 saturated carbocycles. The van der Waals surface area contributed by atoms with E-state index in [4.69, 9.17) is 6.42 Å². The number of fused-ring (bicyclic) bond motifs is 1. The van der Waals surface area contributed by atoms with E-state index in [1.54, 1.807) is 0 Å². The van der Waals surface area contributed by atoms with Gasteiger partial charge < -0.3 is 0 Å². The lowest BCUT2D eigenvalue weighted by Crippen LogP contribution is -2.37. The predicted molar refractivity (Wildman–Crippen MR) is 111 cm³/mol. The van der Waals surface area contributed by atoms with Crippen LogP contribution in [-0.4, -0.2) is 21.0 Å². The van der Waals surface area contributed by atoms with Gasteiger partial charge in [0.05, 0.1) is 29.7 Å². The van der Waals surface area contributed by atoms with Gasteiger partial charge >= 0.3 is 6.18 Å². The maximum Gasteiger partial charge on any atom is 0.416 e. The molecule has 2 heterocycles. The van der Waals surface area contributed by atoms with Gasteiger partial charge in [-0.1, -0.05) is 30.2 Å². The average molecular weight is 423 g/mol. The maximum absolute atomic E-state index is 13.0. The van der Waals surface area contributed by atoms with Gasteiger partial charge in [-0.15, -0.1) is 6.42 Å². The highest BCUT2D eigenvalue weighted by atomic mass is 19.4. The second kappa shape index (κ2) is 8.40. The fourth-order valence-electron chi connectivity index (χ4n) is 3.77. The van der Waals surface area contributed by atoms with Crippen molar-refractivity contribution in [2.45, 2.75) is 32.2 Å². The normalized spacial score (nSPS) is 14.1. The van der Waals surface area contributed by atoms with Crippen LogP contribution in [0.15, 0.2) is 59.7 Å². The highest BCUT2D eigenvalue weighted by molar-refractivity contribution is 5.35. The molecule has 3 aromatic rings. The molecule has 0 spiro atoms. The van der Waals surface area contributed by atoms with Gasteiger partial charge in [-0.05, 0) is 35.4 Å². The Morgan fingerprint density at radius 3 is 2.55 bits per heavy atom. The monoisotopic (exact) mass is 423 g/mol. The largest absolute Gasteiger partial charge is 0.416 e. The molecule has 1 aliphatic rings. The van der Waals surface area contributed by atoms with Crippen molar-refractivity contribution >= 4 is 0 Å². The first-order chi connectivity index (χ1) is 14.8. The third kappa shape index (κ3) is 4.70. The first-order valence-electron chi connectivity index (χ1n) is 9.85. The molecule has 0 radical (unpaired) electrons. The molecule has 7 heteroatoms. The van der Waals surface area contributed by atoms with E-state index >= 15 is 0 Å². The number of halogens is 3. The Labute approximate surface area is 178 Å². The number of nitrogens with zero attached hydrogens (tertiary/aromatic N) is 3. The lowest BCUT2D eigenvalue weighted by molar-refractivity contribution is -0.137. The molecule has 1 aliphatic heterocycles. The second-order valence-electron chi connectivity index (χ2n) is 7.60. The summed E-state index contributed by atoms with van der Waals surface area (Å²) in [4.78, 5) is 19.6. The molecule has 0 atom stereocenters. The fraction of sp³-hybridized carbons (Fsp3) is 0.250. The number of benzene rings is 2. The maximum atomic E-state index is 13.0. The van der Waals surface area contributed by atoms with Crippen LogP contribution in [0.1, 0.15) is 33.5 Å². The van der Waals surface area contributed by atoms with Crippen LogP contribution < -0.4 is 5.56 Å². The Morgan fingerprint density at radius 1 is 1.06 bits per heavy atom. The predicted octanol–water partition coefficient (Wildman–Crippen LogP) is 3.85. The molecular formula is C24H20F3N3O. The molecule has 0 saturated heterocycles. The number of aromatic nitrogens is 2. The highest BCUT2D eigenvalue weighted by Gasteiger charge is 2.30. The summed E-state index contributed by atoms with van der Waals surface area (Å²) in [6, 6.07) is 12.6. The number of hydrogen-bond donors (Lipinski definition) is 0. The molecular weight excluding hydrogens is 403 g/mol. The molecule has 31 heavy (non-hydrogen) atoms. The van der Waals surface area contributed by atoms with Gasteiger partial charge in [0.15, 0.2) is 0 Å². The summed E-state index contributed by atoms with van der Waals surface area (Å²) in [5, 5.41) is 0. The van der Waals surface area contributed by atoms with Gasteiger partial charge in [0.2, 0.25) is 0 Å². The van der Waals surface area contributed by atoms with Crippen LogP contribution in [-0.2, 0) is 32.2 Å². The van der Waals surface area contributed by atoms with E-state index in [1.165, 1.54) is 23.0 Å². The van der Waals surface area contributed by atoms with E-state index < -0.39 is 11.7 Å². The average Bonchev–Trinajstić information content (AvgIpc) is 2.76. The molecule has 2 aromatic carbocycles. The zero-order chi connectivity index (χ0) is 22.0. The van der Waals surface area contributed by atoms with Crippen LogP contribution in [0.3, 0.4) is 0 Å². The minimum atomic E-state index is -4.38. The third-order valence-electron chi connectivity index (χ3n) is 5.40. The molecule has 4 nitrogen and oxygen atoms in total. The van der Waals surface area contributed by atoms with Crippen LogP contribution in [0.5, 0.6) is 0 Å². The van der Waals surface area contributed by atoms with Crippen molar-refractivity contribution in [1.29, 1.82) is 0 Å². The van der Waals surface area contributed by atoms with Crippen LogP contribution in [0.2, 0.25) is 0 Å². The number of alkyl halides is 3. The first kappa shape index (κ1) is 20.9. The van der Waals surface area contributed by atoms with Crippen molar-refractivity contribution in [3.8, 4) is 12.3 Å². The van der Waals surface area contributed by atoms with Gasteiger partial charge in [0.25, 0.3) is 5.56 Å². The van der Waals surface area contributed by atoms with Crippen LogP contribution >= 0.6 is 0 Å². The SMILES string of the molecule is C#Cc1cccc(CN2CCc3ncn(Cc4ccc(C(F)(F)F)cc4)c(=O)c3C2)c1. The molecule has 4 rings (SSSR count). The lowest BCUT2D eigenvalue weighted by atomic mass is 10.0. The summed E-state index contributed by atoms with van der Waals surface area (Å²) in [6.07, 6.45) is 3.23. The van der Waals surface area contributed by atoms with Gasteiger partial charge in [0, 0.05) is 31.6 Å². The molecule has 1 aromatic heterocycles. The first-order valence-corrected chi connectivity index (χ1v) is 9.85. The number of terminal acetylenes is 1. The van der Waals surface area contributed by atoms with Crippen molar-refractivity contribution in [2.24, 2.45) is 0 Å². The number of rotatable bonds is 4. The standard InChI is InChI=1S/C24H20F3N3O/c1-2-17-4-3-5-19(12-17)13-29-11-10-22-21(15-29)23(31)30(16-28-22)14-18-6-8-20(9-7-18)24(25,26)27/h1,3-9,12,16H,10-11,13-15H2. The van der Waals surface area contributed by atoms with Gasteiger partial charge in [0.1, 0.15) is 0 Å². The summed E-state index contributed by atoms with van der Waals surface area (Å²) >= 11 is 0. The second-order valence-corrected chi connectivity index (χ2v) is 7.60. The topological polar surface area (TPSA) is 38.1 Å². The Bertz CT molecular complexity index is 1190. The molecule has 0 fully saturated rings. The Kier molecular flexibility index (Phi) is 5.66. The Hall–Kier alpha value is -3.37. The third-order valence-corrected chi connectivity index (χ3v) is 5.40. The van der Waals surface area contributed by atoms with Crippen LogP contribution in [0.4, 0.5) is 13.2 Å². The van der Waals surface area contributed by atoms with E-state index in [2.05, 4.69) is 15.8 Å². The summed E-state index contributed by atoms with van der Waals surface area (Å²) in [5.74, 6) is 2.63. The zero-order valence-electron chi connectivity index (χ0n) is 16.7. The molecule has 158 valence electrons. The van der Waals surface area contributed by atoms with E-state index in [0.717, 1.165) is 35.5 Å². The van der Waals surface area contributed by atoms with E-state index in [0.29, 0.717) is 30.6 Å². The lowest BCUT2D eigenvalue weighted by Gasteiger charge is -2.28. The highest BCUT2D eigenvalue weighted by Crippen LogP contribution is 2.29. The minimum Gasteiger partial charge on any atom is -0.294 e. The molecule has 0 unspecified atom stereocenters. The Balaban J connectivity index is 1.52. The van der Waals surface area contributed by atoms with Crippen molar-refractivity contribution in [2.75, 3.05) is 6.54 Å². The molecule has 0 bridgehead atoms. The smallest absolute Gasteiger partial charge is 0.294 e. The summed E-state index contributed by atoms with van der Waals surface area (Å²) in [6.45, 7) is 2.08. The van der Waals surface area contributed by atoms with Gasteiger partial charge in [-0.2, -0.15) is 13.2 Å². The van der Waals surface area contributed by atoms with Crippen molar-refractivity contribution in [1.82, 2.24) is 14.5 Å². The summed E-state index contributed by atoms with van der Waals surface area (Å²) in [5.41, 5.74) is 3.04. The van der Waals surface area contributed by atoms with E-state index in [-0.39, 0.29) is 12.1 Å². The van der Waals surface area contributed by atoms with Crippen molar-refractivity contribution in [3.05, 3.63) is 98.7 Å². The van der Waals surface area contributed by atoms with E-state index in [9.17, 15) is 18.0 Å². The molecule has 0 amide bonds. The van der Waals surface area contributed by atoms with E-state index in [1.807, 2.05) is 24.3 Å². The number of hydrogen-bond acceptors (Lipinski definition) is 3. The Morgan fingerprint density at radius 2 is 1.84 bits per heavy atom. The van der Waals surface area contributed by atoms with Crippen molar-refractivity contribution in [3.63, 3.8) is 0 Å². The molecule has 0 aliphatic carbocycles. The zero-order valence-corrected chi connectivity index (χ0v) is 16.7. The molecule has 0 N–H and O–H groups in total. The fourth-order valence-corrected chi connectivity index (χ4v) is 3.77. The van der Waals surface area contributed by atoms with Crippen LogP contribution in [0, 0.1) is 12.3 Å². The van der Waals surface area contributed by atoms with Gasteiger partial charge in [-0.3, -0.25) is 14.3 Å². The van der Waals surface area contributed by atoms with Gasteiger partial charge in [-0.25, -0.2) is 4.98 Å². The minimum absolute atomic E-state index is 0.160. The summed E-state index contributed by atoms with van der Waals surface area (Å²) < 4.78 is 39.7. The summed E-state index contributed by atoms with van der Waals surface area (Å²) in [7, 11) is 0. The van der Waals surface area contributed by atoms with Crippen LogP contribution in [0.25, 0.3) is 0 Å². The quantitative estimate of drug-likeness (QED) is 0.599.